The molecule has 0 aliphatic carbocycles. The lowest BCUT2D eigenvalue weighted by Gasteiger charge is -2.21. The van der Waals surface area contributed by atoms with Crippen molar-refractivity contribution in [2.75, 3.05) is 76.0 Å². The largest absolute Gasteiger partial charge is 0.481 e. The second kappa shape index (κ2) is 15.8. The van der Waals surface area contributed by atoms with Gasteiger partial charge in [0.05, 0.1) is 5.02 Å². The van der Waals surface area contributed by atoms with Gasteiger partial charge in [0.25, 0.3) is 0 Å². The highest BCUT2D eigenvalue weighted by molar-refractivity contribution is 6.32. The molecule has 5 nitrogen and oxygen atoms in total. The summed E-state index contributed by atoms with van der Waals surface area (Å²) in [4.78, 5) is 8.45. The van der Waals surface area contributed by atoms with Gasteiger partial charge < -0.3 is 24.3 Å². The molecule has 0 saturated carbocycles. The molecule has 0 spiro atoms. The number of rotatable bonds is 12. The molecule has 0 unspecified atom stereocenters. The van der Waals surface area contributed by atoms with Crippen molar-refractivity contribution in [3.63, 3.8) is 0 Å². The number of ether oxygens (including phenoxy) is 1. The SMILES string of the molecule is CN(C)c1ccc(C(=CC(C=C(c2ccc(N(C)C)cc2)c2ccc(N(C)C)cc2)Oc2ccccc2Cl)c2ccc(N(C)C)cc2)cc1. The molecule has 0 fully saturated rings. The lowest BCUT2D eigenvalue weighted by molar-refractivity contribution is 0.297. The molecule has 0 radical (unpaired) electrons. The third-order valence-electron chi connectivity index (χ3n) is 8.54. The van der Waals surface area contributed by atoms with Crippen LogP contribution in [0.4, 0.5) is 22.7 Å². The standard InChI is InChI=1S/C43H47ClN4O/c1-45(2)35-21-13-31(14-22-35)40(32-15-23-36(24-16-32)46(3)4)29-39(49-43-12-10-9-11-42(43)44)30-41(33-17-25-37(26-18-33)47(5)6)34-19-27-38(28-20-34)48(7)8/h9-30,39H,1-8H3. The zero-order valence-corrected chi connectivity index (χ0v) is 30.6. The van der Waals surface area contributed by atoms with E-state index in [-0.39, 0.29) is 0 Å². The van der Waals surface area contributed by atoms with Crippen LogP contribution in [0.2, 0.25) is 5.02 Å². The van der Waals surface area contributed by atoms with Gasteiger partial charge in [0.1, 0.15) is 11.9 Å². The lowest BCUT2D eigenvalue weighted by Crippen LogP contribution is -2.14. The minimum atomic E-state index is -0.478. The Morgan fingerprint density at radius 2 is 0.735 bits per heavy atom. The van der Waals surface area contributed by atoms with E-state index >= 15 is 0 Å². The van der Waals surface area contributed by atoms with E-state index in [2.05, 4.69) is 185 Å². The summed E-state index contributed by atoms with van der Waals surface area (Å²) in [5.74, 6) is 0.622. The Balaban J connectivity index is 1.73. The van der Waals surface area contributed by atoms with Gasteiger partial charge in [-0.1, -0.05) is 72.3 Å². The number of hydrogen-bond donors (Lipinski definition) is 0. The molecule has 0 aliphatic rings. The summed E-state index contributed by atoms with van der Waals surface area (Å²) in [6, 6.07) is 42.3. The molecular weight excluding hydrogens is 624 g/mol. The number of para-hydroxylation sites is 1. The van der Waals surface area contributed by atoms with Crippen molar-refractivity contribution in [3.8, 4) is 5.75 Å². The monoisotopic (exact) mass is 670 g/mol. The Labute approximate surface area is 297 Å². The average molecular weight is 671 g/mol. The smallest absolute Gasteiger partial charge is 0.139 e. The maximum atomic E-state index is 6.82. The predicted octanol–water partition coefficient (Wildman–Crippen LogP) is 9.62. The highest BCUT2D eigenvalue weighted by atomic mass is 35.5. The molecule has 0 aromatic heterocycles. The number of benzene rings is 5. The maximum Gasteiger partial charge on any atom is 0.139 e. The molecular formula is C43H47ClN4O. The van der Waals surface area contributed by atoms with Gasteiger partial charge in [0, 0.05) is 79.1 Å². The number of nitrogens with zero attached hydrogens (tertiary/aromatic N) is 4. The van der Waals surface area contributed by atoms with Crippen LogP contribution in [0.15, 0.2) is 133 Å². The predicted molar refractivity (Wildman–Crippen MR) is 213 cm³/mol. The van der Waals surface area contributed by atoms with E-state index in [1.807, 2.05) is 24.3 Å². The van der Waals surface area contributed by atoms with E-state index in [4.69, 9.17) is 16.3 Å². The molecule has 0 atom stereocenters. The van der Waals surface area contributed by atoms with Gasteiger partial charge in [-0.25, -0.2) is 0 Å². The fraction of sp³-hybridized carbons (Fsp3) is 0.209. The summed E-state index contributed by atoms with van der Waals surface area (Å²) in [5, 5.41) is 0.564. The van der Waals surface area contributed by atoms with Crippen LogP contribution in [-0.2, 0) is 0 Å². The molecule has 0 saturated heterocycles. The van der Waals surface area contributed by atoms with Gasteiger partial charge in [0.2, 0.25) is 0 Å². The molecule has 49 heavy (non-hydrogen) atoms. The third-order valence-corrected chi connectivity index (χ3v) is 8.85. The molecule has 0 bridgehead atoms. The van der Waals surface area contributed by atoms with E-state index < -0.39 is 6.10 Å². The summed E-state index contributed by atoms with van der Waals surface area (Å²) in [7, 11) is 16.5. The van der Waals surface area contributed by atoms with E-state index in [1.165, 1.54) is 0 Å². The molecule has 0 amide bonds. The first kappa shape index (κ1) is 35.2. The van der Waals surface area contributed by atoms with Gasteiger partial charge in [-0.3, -0.25) is 0 Å². The van der Waals surface area contributed by atoms with Gasteiger partial charge in [-0.2, -0.15) is 0 Å². The highest BCUT2D eigenvalue weighted by Gasteiger charge is 2.17. The quantitative estimate of drug-likeness (QED) is 0.131. The van der Waals surface area contributed by atoms with Crippen molar-refractivity contribution in [3.05, 3.63) is 161 Å². The first-order valence-electron chi connectivity index (χ1n) is 16.5. The lowest BCUT2D eigenvalue weighted by atomic mass is 9.93. The van der Waals surface area contributed by atoms with Crippen molar-refractivity contribution in [2.24, 2.45) is 0 Å². The molecule has 0 heterocycles. The first-order chi connectivity index (χ1) is 23.5. The van der Waals surface area contributed by atoms with Gasteiger partial charge in [-0.15, -0.1) is 0 Å². The molecule has 6 heteroatoms. The fourth-order valence-corrected chi connectivity index (χ4v) is 5.79. The van der Waals surface area contributed by atoms with E-state index in [0.717, 1.165) is 56.1 Å². The van der Waals surface area contributed by atoms with Crippen LogP contribution in [0, 0.1) is 0 Å². The zero-order chi connectivity index (χ0) is 35.1. The fourth-order valence-electron chi connectivity index (χ4n) is 5.61. The summed E-state index contributed by atoms with van der Waals surface area (Å²) in [6.45, 7) is 0. The average Bonchev–Trinajstić information content (AvgIpc) is 3.10. The normalized spacial score (nSPS) is 10.7. The third kappa shape index (κ3) is 8.87. The van der Waals surface area contributed by atoms with Crippen LogP contribution in [-0.4, -0.2) is 62.5 Å². The first-order valence-corrected chi connectivity index (χ1v) is 16.8. The molecule has 5 rings (SSSR count). The van der Waals surface area contributed by atoms with E-state index in [1.54, 1.807) is 0 Å². The molecule has 5 aromatic carbocycles. The van der Waals surface area contributed by atoms with Crippen LogP contribution in [0.1, 0.15) is 22.3 Å². The Morgan fingerprint density at radius 1 is 0.449 bits per heavy atom. The van der Waals surface area contributed by atoms with Crippen molar-refractivity contribution >= 4 is 45.5 Å². The molecule has 0 N–H and O–H groups in total. The van der Waals surface area contributed by atoms with Gasteiger partial charge in [0.15, 0.2) is 0 Å². The summed E-state index contributed by atoms with van der Waals surface area (Å²) < 4.78 is 6.82. The highest BCUT2D eigenvalue weighted by Crippen LogP contribution is 2.33. The molecule has 252 valence electrons. The zero-order valence-electron chi connectivity index (χ0n) is 29.9. The number of hydrogen-bond acceptors (Lipinski definition) is 5. The minimum absolute atomic E-state index is 0.478. The minimum Gasteiger partial charge on any atom is -0.481 e. The van der Waals surface area contributed by atoms with Crippen LogP contribution in [0.3, 0.4) is 0 Å². The Hall–Kier alpha value is -5.13. The van der Waals surface area contributed by atoms with Crippen LogP contribution in [0.25, 0.3) is 11.1 Å². The van der Waals surface area contributed by atoms with Crippen LogP contribution < -0.4 is 24.3 Å². The number of halogens is 1. The van der Waals surface area contributed by atoms with Crippen LogP contribution in [0.5, 0.6) is 5.75 Å². The van der Waals surface area contributed by atoms with Gasteiger partial charge in [-0.05, 0) is 106 Å². The molecule has 0 aliphatic heterocycles. The van der Waals surface area contributed by atoms with E-state index in [9.17, 15) is 0 Å². The van der Waals surface area contributed by atoms with E-state index in [0.29, 0.717) is 10.8 Å². The maximum absolute atomic E-state index is 6.82. The second-order valence-corrected chi connectivity index (χ2v) is 13.3. The summed E-state index contributed by atoms with van der Waals surface area (Å²) in [6.07, 6.45) is 3.94. The van der Waals surface area contributed by atoms with Crippen LogP contribution >= 0.6 is 11.6 Å². The van der Waals surface area contributed by atoms with Crippen molar-refractivity contribution < 1.29 is 4.74 Å². The Morgan fingerprint density at radius 3 is 1.00 bits per heavy atom. The Bertz CT molecular complexity index is 1650. The summed E-state index contributed by atoms with van der Waals surface area (Å²) in [5.41, 5.74) is 11.1. The van der Waals surface area contributed by atoms with Crippen molar-refractivity contribution in [1.82, 2.24) is 0 Å². The second-order valence-electron chi connectivity index (χ2n) is 12.9. The van der Waals surface area contributed by atoms with Crippen molar-refractivity contribution in [2.45, 2.75) is 6.10 Å². The Kier molecular flexibility index (Phi) is 11.4. The molecule has 5 aromatic rings. The summed E-state index contributed by atoms with van der Waals surface area (Å²) >= 11 is 6.71. The van der Waals surface area contributed by atoms with Gasteiger partial charge >= 0.3 is 0 Å². The van der Waals surface area contributed by atoms with Crippen molar-refractivity contribution in [1.29, 1.82) is 0 Å². The number of anilines is 4. The topological polar surface area (TPSA) is 22.2 Å².